The van der Waals surface area contributed by atoms with Gasteiger partial charge in [0.05, 0.1) is 6.10 Å². The van der Waals surface area contributed by atoms with Crippen molar-refractivity contribution in [3.8, 4) is 0 Å². The van der Waals surface area contributed by atoms with E-state index in [9.17, 15) is 0 Å². The van der Waals surface area contributed by atoms with Crippen molar-refractivity contribution in [1.29, 1.82) is 0 Å². The zero-order valence-corrected chi connectivity index (χ0v) is 11.5. The summed E-state index contributed by atoms with van der Waals surface area (Å²) >= 11 is 0. The van der Waals surface area contributed by atoms with E-state index >= 15 is 0 Å². The zero-order chi connectivity index (χ0) is 12.3. The van der Waals surface area contributed by atoms with Gasteiger partial charge in [-0.25, -0.2) is 0 Å². The highest BCUT2D eigenvalue weighted by Crippen LogP contribution is 2.18. The van der Waals surface area contributed by atoms with Crippen LogP contribution in [0.2, 0.25) is 0 Å². The van der Waals surface area contributed by atoms with Crippen LogP contribution in [0, 0.1) is 0 Å². The van der Waals surface area contributed by atoms with E-state index in [4.69, 9.17) is 9.47 Å². The lowest BCUT2D eigenvalue weighted by molar-refractivity contribution is 0.101. The van der Waals surface area contributed by atoms with Gasteiger partial charge in [-0.3, -0.25) is 0 Å². The Labute approximate surface area is 106 Å². The van der Waals surface area contributed by atoms with Gasteiger partial charge in [-0.2, -0.15) is 0 Å². The molecule has 0 saturated carbocycles. The molecule has 17 heavy (non-hydrogen) atoms. The molecule has 0 bridgehead atoms. The molecule has 0 aromatic rings. The van der Waals surface area contributed by atoms with Crippen molar-refractivity contribution in [2.24, 2.45) is 0 Å². The molecule has 0 aromatic heterocycles. The summed E-state index contributed by atoms with van der Waals surface area (Å²) in [7, 11) is 2.07. The highest BCUT2D eigenvalue weighted by Gasteiger charge is 2.15. The fraction of sp³-hybridized carbons (Fsp3) is 1.00. The topological polar surface area (TPSA) is 30.5 Å². The minimum atomic E-state index is 0.552. The summed E-state index contributed by atoms with van der Waals surface area (Å²) in [5, 5.41) is 3.41. The number of hydrogen-bond acceptors (Lipinski definition) is 3. The molecular weight excluding hydrogens is 214 g/mol. The molecule has 1 N–H and O–H groups in total. The summed E-state index contributed by atoms with van der Waals surface area (Å²) in [5.41, 5.74) is 0. The normalized spacial score (nSPS) is 21.9. The van der Waals surface area contributed by atoms with Crippen molar-refractivity contribution in [2.75, 3.05) is 26.9 Å². The Hall–Kier alpha value is -0.120. The summed E-state index contributed by atoms with van der Waals surface area (Å²) < 4.78 is 11.0. The summed E-state index contributed by atoms with van der Waals surface area (Å²) in [5.74, 6) is 0. The first-order chi connectivity index (χ1) is 8.36. The second-order valence-corrected chi connectivity index (χ2v) is 4.89. The van der Waals surface area contributed by atoms with Crippen molar-refractivity contribution in [3.63, 3.8) is 0 Å². The Bertz CT molecular complexity index is 170. The fourth-order valence-corrected chi connectivity index (χ4v) is 2.47. The Balaban J connectivity index is 1.97. The van der Waals surface area contributed by atoms with Gasteiger partial charge in [0.25, 0.3) is 0 Å². The third-order valence-corrected chi connectivity index (χ3v) is 3.56. The number of ether oxygens (including phenoxy) is 2. The quantitative estimate of drug-likeness (QED) is 0.598. The summed E-state index contributed by atoms with van der Waals surface area (Å²) in [4.78, 5) is 0. The van der Waals surface area contributed by atoms with Crippen LogP contribution in [0.4, 0.5) is 0 Å². The van der Waals surface area contributed by atoms with Gasteiger partial charge in [-0.05, 0) is 58.9 Å². The third-order valence-electron chi connectivity index (χ3n) is 3.56. The maximum Gasteiger partial charge on any atom is 0.0576 e. The van der Waals surface area contributed by atoms with E-state index in [1.54, 1.807) is 0 Å². The van der Waals surface area contributed by atoms with Crippen molar-refractivity contribution in [3.05, 3.63) is 0 Å². The van der Waals surface area contributed by atoms with E-state index < -0.39 is 0 Å². The van der Waals surface area contributed by atoms with E-state index in [2.05, 4.69) is 19.3 Å². The Morgan fingerprint density at radius 2 is 2.18 bits per heavy atom. The Kier molecular flexibility index (Phi) is 8.67. The molecule has 102 valence electrons. The monoisotopic (exact) mass is 243 g/mol. The van der Waals surface area contributed by atoms with Crippen molar-refractivity contribution >= 4 is 0 Å². The molecule has 0 aliphatic carbocycles. The van der Waals surface area contributed by atoms with Crippen LogP contribution in [0.25, 0.3) is 0 Å². The summed E-state index contributed by atoms with van der Waals surface area (Å²) in [6.45, 7) is 4.77. The molecule has 2 atom stereocenters. The molecular formula is C14H29NO2. The average molecular weight is 243 g/mol. The highest BCUT2D eigenvalue weighted by atomic mass is 16.5. The van der Waals surface area contributed by atoms with Crippen LogP contribution < -0.4 is 5.32 Å². The molecule has 3 nitrogen and oxygen atoms in total. The zero-order valence-electron chi connectivity index (χ0n) is 11.5. The first kappa shape index (κ1) is 14.9. The maximum atomic E-state index is 5.64. The molecule has 3 heteroatoms. The van der Waals surface area contributed by atoms with Crippen molar-refractivity contribution < 1.29 is 9.47 Å². The standard InChI is InChI=1S/C14H29NO2/c1-3-16-11-5-8-13(15-2)7-4-9-14-10-6-12-17-14/h13-15H,3-12H2,1-2H3. The largest absolute Gasteiger partial charge is 0.382 e. The summed E-state index contributed by atoms with van der Waals surface area (Å²) in [6, 6.07) is 0.650. The van der Waals surface area contributed by atoms with Crippen LogP contribution in [0.5, 0.6) is 0 Å². The first-order valence-corrected chi connectivity index (χ1v) is 7.23. The minimum Gasteiger partial charge on any atom is -0.382 e. The van der Waals surface area contributed by atoms with Gasteiger partial charge < -0.3 is 14.8 Å². The van der Waals surface area contributed by atoms with Gasteiger partial charge in [-0.15, -0.1) is 0 Å². The molecule has 1 saturated heterocycles. The van der Waals surface area contributed by atoms with Crippen molar-refractivity contribution in [1.82, 2.24) is 5.32 Å². The SMILES string of the molecule is CCOCCCC(CCCC1CCCO1)NC. The Morgan fingerprint density at radius 3 is 2.82 bits per heavy atom. The smallest absolute Gasteiger partial charge is 0.0576 e. The lowest BCUT2D eigenvalue weighted by atomic mass is 10.0. The van der Waals surface area contributed by atoms with E-state index in [-0.39, 0.29) is 0 Å². The molecule has 0 spiro atoms. The van der Waals surface area contributed by atoms with Crippen LogP contribution in [-0.2, 0) is 9.47 Å². The van der Waals surface area contributed by atoms with Gasteiger partial charge in [0, 0.05) is 25.9 Å². The van der Waals surface area contributed by atoms with Crippen LogP contribution in [0.1, 0.15) is 51.9 Å². The lowest BCUT2D eigenvalue weighted by Crippen LogP contribution is -2.25. The third kappa shape index (κ3) is 7.02. The van der Waals surface area contributed by atoms with Gasteiger partial charge in [0.15, 0.2) is 0 Å². The number of nitrogens with one attached hydrogen (secondary N) is 1. The molecule has 0 amide bonds. The minimum absolute atomic E-state index is 0.552. The van der Waals surface area contributed by atoms with E-state index in [0.29, 0.717) is 12.1 Å². The van der Waals surface area contributed by atoms with Crippen molar-refractivity contribution in [2.45, 2.75) is 64.0 Å². The van der Waals surface area contributed by atoms with Gasteiger partial charge in [0.2, 0.25) is 0 Å². The molecule has 1 fully saturated rings. The molecule has 1 heterocycles. The van der Waals surface area contributed by atoms with Gasteiger partial charge in [-0.1, -0.05) is 0 Å². The van der Waals surface area contributed by atoms with Crippen LogP contribution in [0.3, 0.4) is 0 Å². The van der Waals surface area contributed by atoms with E-state index in [1.165, 1.54) is 44.9 Å². The van der Waals surface area contributed by atoms with Crippen LogP contribution >= 0.6 is 0 Å². The highest BCUT2D eigenvalue weighted by molar-refractivity contribution is 4.69. The maximum absolute atomic E-state index is 5.64. The molecule has 1 aliphatic heterocycles. The Morgan fingerprint density at radius 1 is 1.35 bits per heavy atom. The van der Waals surface area contributed by atoms with Gasteiger partial charge >= 0.3 is 0 Å². The molecule has 1 aliphatic rings. The fourth-order valence-electron chi connectivity index (χ4n) is 2.47. The van der Waals surface area contributed by atoms with Crippen LogP contribution in [0.15, 0.2) is 0 Å². The number of hydrogen-bond donors (Lipinski definition) is 1. The lowest BCUT2D eigenvalue weighted by Gasteiger charge is -2.17. The summed E-state index contributed by atoms with van der Waals surface area (Å²) in [6.07, 6.45) is 9.26. The molecule has 1 rings (SSSR count). The number of rotatable bonds is 10. The molecule has 0 radical (unpaired) electrons. The predicted octanol–water partition coefficient (Wildman–Crippen LogP) is 2.74. The first-order valence-electron chi connectivity index (χ1n) is 7.23. The average Bonchev–Trinajstić information content (AvgIpc) is 2.85. The van der Waals surface area contributed by atoms with E-state index in [0.717, 1.165) is 19.8 Å². The molecule has 2 unspecified atom stereocenters. The second-order valence-electron chi connectivity index (χ2n) is 4.89. The molecule has 0 aromatic carbocycles. The van der Waals surface area contributed by atoms with Gasteiger partial charge in [0.1, 0.15) is 0 Å². The predicted molar refractivity (Wildman–Crippen MR) is 71.4 cm³/mol. The van der Waals surface area contributed by atoms with Crippen LogP contribution in [-0.4, -0.2) is 39.0 Å². The second kappa shape index (κ2) is 9.86. The van der Waals surface area contributed by atoms with E-state index in [1.807, 2.05) is 0 Å².